The van der Waals surface area contributed by atoms with E-state index in [-0.39, 0.29) is 11.7 Å². The van der Waals surface area contributed by atoms with Crippen LogP contribution in [0.15, 0.2) is 18.2 Å². The summed E-state index contributed by atoms with van der Waals surface area (Å²) in [6.07, 6.45) is -0.819. The SMILES string of the molecule is CC(O)c1ccc(OCC2CN(C(C)C)CCO2)cc1F. The van der Waals surface area contributed by atoms with Crippen molar-refractivity contribution in [3.8, 4) is 5.75 Å². The lowest BCUT2D eigenvalue weighted by Crippen LogP contribution is -2.47. The summed E-state index contributed by atoms with van der Waals surface area (Å²) in [5, 5.41) is 9.40. The maximum absolute atomic E-state index is 13.8. The molecule has 2 unspecified atom stereocenters. The summed E-state index contributed by atoms with van der Waals surface area (Å²) in [6.45, 7) is 8.71. The predicted molar refractivity (Wildman–Crippen MR) is 79.0 cm³/mol. The second kappa shape index (κ2) is 7.20. The quantitative estimate of drug-likeness (QED) is 0.906. The standard InChI is InChI=1S/C16H24FNO3/c1-11(2)18-6-7-20-14(9-18)10-21-13-4-5-15(12(3)19)16(17)8-13/h4-5,8,11-12,14,19H,6-7,9-10H2,1-3H3. The zero-order valence-corrected chi connectivity index (χ0v) is 12.9. The smallest absolute Gasteiger partial charge is 0.132 e. The number of aliphatic hydroxyl groups excluding tert-OH is 1. The maximum Gasteiger partial charge on any atom is 0.132 e. The summed E-state index contributed by atoms with van der Waals surface area (Å²) in [5.41, 5.74) is 0.280. The van der Waals surface area contributed by atoms with E-state index in [4.69, 9.17) is 9.47 Å². The van der Waals surface area contributed by atoms with Crippen LogP contribution in [0.2, 0.25) is 0 Å². The van der Waals surface area contributed by atoms with Crippen LogP contribution in [-0.2, 0) is 4.74 Å². The molecule has 1 aliphatic heterocycles. The first-order valence-electron chi connectivity index (χ1n) is 7.43. The molecule has 4 nitrogen and oxygen atoms in total. The molecule has 0 saturated carbocycles. The maximum atomic E-state index is 13.8. The molecule has 118 valence electrons. The molecule has 0 radical (unpaired) electrons. The Balaban J connectivity index is 1.89. The van der Waals surface area contributed by atoms with Gasteiger partial charge >= 0.3 is 0 Å². The normalized spacial score (nSPS) is 21.5. The molecule has 0 aromatic heterocycles. The minimum atomic E-state index is -0.819. The molecule has 0 bridgehead atoms. The van der Waals surface area contributed by atoms with Crippen molar-refractivity contribution in [1.29, 1.82) is 0 Å². The van der Waals surface area contributed by atoms with Gasteiger partial charge < -0.3 is 14.6 Å². The van der Waals surface area contributed by atoms with Crippen LogP contribution in [0.1, 0.15) is 32.4 Å². The number of hydrogen-bond donors (Lipinski definition) is 1. The third-order valence-electron chi connectivity index (χ3n) is 3.76. The summed E-state index contributed by atoms with van der Waals surface area (Å²) in [6, 6.07) is 5.02. The lowest BCUT2D eigenvalue weighted by molar-refractivity contribution is -0.0564. The second-order valence-corrected chi connectivity index (χ2v) is 5.75. The summed E-state index contributed by atoms with van der Waals surface area (Å²) >= 11 is 0. The molecule has 0 spiro atoms. The molecule has 1 aromatic carbocycles. The van der Waals surface area contributed by atoms with Crippen LogP contribution >= 0.6 is 0 Å². The van der Waals surface area contributed by atoms with Gasteiger partial charge in [-0.15, -0.1) is 0 Å². The van der Waals surface area contributed by atoms with Gasteiger partial charge in [0, 0.05) is 30.8 Å². The van der Waals surface area contributed by atoms with Crippen LogP contribution in [0.25, 0.3) is 0 Å². The zero-order chi connectivity index (χ0) is 15.4. The summed E-state index contributed by atoms with van der Waals surface area (Å²) in [5.74, 6) is 0.0121. The zero-order valence-electron chi connectivity index (χ0n) is 12.9. The highest BCUT2D eigenvalue weighted by Crippen LogP contribution is 2.22. The molecule has 5 heteroatoms. The largest absolute Gasteiger partial charge is 0.491 e. The molecule has 2 atom stereocenters. The van der Waals surface area contributed by atoms with Gasteiger partial charge in [0.1, 0.15) is 24.3 Å². The Morgan fingerprint density at radius 2 is 2.19 bits per heavy atom. The molecule has 1 N–H and O–H groups in total. The first-order chi connectivity index (χ1) is 9.97. The lowest BCUT2D eigenvalue weighted by Gasteiger charge is -2.35. The van der Waals surface area contributed by atoms with Crippen molar-refractivity contribution in [2.24, 2.45) is 0 Å². The van der Waals surface area contributed by atoms with E-state index in [0.29, 0.717) is 25.0 Å². The fourth-order valence-corrected chi connectivity index (χ4v) is 2.44. The van der Waals surface area contributed by atoms with Crippen molar-refractivity contribution >= 4 is 0 Å². The fraction of sp³-hybridized carbons (Fsp3) is 0.625. The topological polar surface area (TPSA) is 41.9 Å². The van der Waals surface area contributed by atoms with Gasteiger partial charge in [-0.3, -0.25) is 4.90 Å². The number of benzene rings is 1. The number of morpholine rings is 1. The van der Waals surface area contributed by atoms with Gasteiger partial charge in [-0.25, -0.2) is 4.39 Å². The summed E-state index contributed by atoms with van der Waals surface area (Å²) < 4.78 is 25.0. The van der Waals surface area contributed by atoms with Gasteiger partial charge in [-0.2, -0.15) is 0 Å². The van der Waals surface area contributed by atoms with Crippen molar-refractivity contribution in [3.05, 3.63) is 29.6 Å². The number of aliphatic hydroxyl groups is 1. The third kappa shape index (κ3) is 4.40. The van der Waals surface area contributed by atoms with E-state index in [9.17, 15) is 9.50 Å². The Bertz CT molecular complexity index is 465. The average molecular weight is 297 g/mol. The van der Waals surface area contributed by atoms with Gasteiger partial charge in [0.25, 0.3) is 0 Å². The van der Waals surface area contributed by atoms with Gasteiger partial charge in [-0.05, 0) is 32.9 Å². The van der Waals surface area contributed by atoms with Crippen LogP contribution in [-0.4, -0.2) is 48.5 Å². The molecular weight excluding hydrogens is 273 g/mol. The van der Waals surface area contributed by atoms with E-state index in [0.717, 1.165) is 13.1 Å². The van der Waals surface area contributed by atoms with Crippen LogP contribution in [0, 0.1) is 5.82 Å². The molecule has 0 amide bonds. The molecule has 1 heterocycles. The van der Waals surface area contributed by atoms with E-state index in [1.807, 2.05) is 0 Å². The summed E-state index contributed by atoms with van der Waals surface area (Å²) in [7, 11) is 0. The second-order valence-electron chi connectivity index (χ2n) is 5.75. The van der Waals surface area contributed by atoms with Gasteiger partial charge in [0.05, 0.1) is 12.7 Å². The summed E-state index contributed by atoms with van der Waals surface area (Å²) in [4.78, 5) is 2.34. The minimum absolute atomic E-state index is 0.000605. The Hall–Kier alpha value is -1.17. The fourth-order valence-electron chi connectivity index (χ4n) is 2.44. The molecule has 1 aliphatic rings. The number of ether oxygens (including phenoxy) is 2. The average Bonchev–Trinajstić information content (AvgIpc) is 2.45. The molecule has 0 aliphatic carbocycles. The molecular formula is C16H24FNO3. The van der Waals surface area contributed by atoms with Crippen molar-refractivity contribution in [2.45, 2.75) is 39.0 Å². The highest BCUT2D eigenvalue weighted by atomic mass is 19.1. The number of nitrogens with zero attached hydrogens (tertiary/aromatic N) is 1. The third-order valence-corrected chi connectivity index (χ3v) is 3.76. The predicted octanol–water partition coefficient (Wildman–Crippen LogP) is 2.37. The van der Waals surface area contributed by atoms with Crippen molar-refractivity contribution < 1.29 is 19.0 Å². The van der Waals surface area contributed by atoms with Crippen molar-refractivity contribution in [2.75, 3.05) is 26.3 Å². The number of hydrogen-bond acceptors (Lipinski definition) is 4. The number of halogens is 1. The Morgan fingerprint density at radius 1 is 1.43 bits per heavy atom. The Kier molecular flexibility index (Phi) is 5.56. The van der Waals surface area contributed by atoms with E-state index < -0.39 is 11.9 Å². The van der Waals surface area contributed by atoms with Crippen LogP contribution < -0.4 is 4.74 Å². The molecule has 21 heavy (non-hydrogen) atoms. The number of rotatable bonds is 5. The first kappa shape index (κ1) is 16.2. The Morgan fingerprint density at radius 3 is 2.81 bits per heavy atom. The van der Waals surface area contributed by atoms with Gasteiger partial charge in [0.2, 0.25) is 0 Å². The highest BCUT2D eigenvalue weighted by Gasteiger charge is 2.22. The minimum Gasteiger partial charge on any atom is -0.491 e. The first-order valence-corrected chi connectivity index (χ1v) is 7.43. The molecule has 2 rings (SSSR count). The highest BCUT2D eigenvalue weighted by molar-refractivity contribution is 5.30. The lowest BCUT2D eigenvalue weighted by atomic mass is 10.1. The van der Waals surface area contributed by atoms with Crippen molar-refractivity contribution in [3.63, 3.8) is 0 Å². The van der Waals surface area contributed by atoms with Crippen LogP contribution in [0.4, 0.5) is 4.39 Å². The van der Waals surface area contributed by atoms with Gasteiger partial charge in [0.15, 0.2) is 0 Å². The van der Waals surface area contributed by atoms with Crippen molar-refractivity contribution in [1.82, 2.24) is 4.90 Å². The van der Waals surface area contributed by atoms with E-state index in [1.54, 1.807) is 12.1 Å². The molecule has 1 saturated heterocycles. The van der Waals surface area contributed by atoms with Crippen LogP contribution in [0.3, 0.4) is 0 Å². The Labute approximate surface area is 125 Å². The van der Waals surface area contributed by atoms with Crippen LogP contribution in [0.5, 0.6) is 5.75 Å². The van der Waals surface area contributed by atoms with E-state index in [2.05, 4.69) is 18.7 Å². The van der Waals surface area contributed by atoms with E-state index in [1.165, 1.54) is 13.0 Å². The molecule has 1 fully saturated rings. The monoisotopic (exact) mass is 297 g/mol. The molecule has 1 aromatic rings. The van der Waals surface area contributed by atoms with E-state index >= 15 is 0 Å². The van der Waals surface area contributed by atoms with Gasteiger partial charge in [-0.1, -0.05) is 0 Å².